The number of nitrogens with one attached hydrogen (secondary N) is 1. The van der Waals surface area contributed by atoms with Crippen molar-refractivity contribution in [3.05, 3.63) is 57.4 Å². The normalized spacial score (nSPS) is 13.3. The molecule has 24 heavy (non-hydrogen) atoms. The predicted octanol–water partition coefficient (Wildman–Crippen LogP) is 0.655. The summed E-state index contributed by atoms with van der Waals surface area (Å²) in [4.78, 5) is 22.0. The first kappa shape index (κ1) is 17.9. The summed E-state index contributed by atoms with van der Waals surface area (Å²) in [6.07, 6.45) is 1.62. The van der Waals surface area contributed by atoms with Crippen molar-refractivity contribution in [3.63, 3.8) is 0 Å². The zero-order valence-electron chi connectivity index (χ0n) is 12.4. The minimum absolute atomic E-state index is 0.119. The maximum absolute atomic E-state index is 11.9. The Morgan fingerprint density at radius 1 is 1.42 bits per heavy atom. The fraction of sp³-hybridized carbons (Fsp3) is 0.286. The molecular weight excluding hydrogens is 340 g/mol. The Morgan fingerprint density at radius 3 is 2.58 bits per heavy atom. The molecule has 9 nitrogen and oxygen atoms in total. The Hall–Kier alpha value is -2.49. The highest BCUT2D eigenvalue weighted by atomic mass is 35.5. The van der Waals surface area contributed by atoms with Gasteiger partial charge in [-0.2, -0.15) is 5.10 Å². The number of nitro groups is 1. The average Bonchev–Trinajstić information content (AvgIpc) is 2.96. The van der Waals surface area contributed by atoms with Gasteiger partial charge in [-0.05, 0) is 17.7 Å². The lowest BCUT2D eigenvalue weighted by Gasteiger charge is -2.22. The van der Waals surface area contributed by atoms with Gasteiger partial charge in [0.1, 0.15) is 12.6 Å². The number of carbonyl (C=O) groups is 1. The number of aliphatic hydroxyl groups excluding tert-OH is 2. The molecule has 3 N–H and O–H groups in total. The minimum atomic E-state index is -1.22. The molecule has 0 saturated carbocycles. The van der Waals surface area contributed by atoms with Crippen molar-refractivity contribution < 1.29 is 19.9 Å². The van der Waals surface area contributed by atoms with E-state index in [-0.39, 0.29) is 12.2 Å². The van der Waals surface area contributed by atoms with Crippen LogP contribution >= 0.6 is 11.6 Å². The molecule has 128 valence electrons. The van der Waals surface area contributed by atoms with Gasteiger partial charge in [0.15, 0.2) is 0 Å². The number of nitrogens with zero attached hydrogens (tertiary/aromatic N) is 3. The fourth-order valence-electron chi connectivity index (χ4n) is 2.07. The molecule has 0 aliphatic carbocycles. The van der Waals surface area contributed by atoms with Crippen LogP contribution in [0.2, 0.25) is 5.02 Å². The molecule has 2 aromatic rings. The van der Waals surface area contributed by atoms with Crippen molar-refractivity contribution in [2.75, 3.05) is 6.61 Å². The van der Waals surface area contributed by atoms with E-state index in [2.05, 4.69) is 10.4 Å². The van der Waals surface area contributed by atoms with Crippen LogP contribution < -0.4 is 5.32 Å². The summed E-state index contributed by atoms with van der Waals surface area (Å²) in [7, 11) is 0. The van der Waals surface area contributed by atoms with Gasteiger partial charge >= 0.3 is 0 Å². The molecule has 0 radical (unpaired) electrons. The molecule has 1 aromatic carbocycles. The molecule has 0 bridgehead atoms. The number of rotatable bonds is 7. The topological polar surface area (TPSA) is 131 Å². The molecule has 1 amide bonds. The lowest BCUT2D eigenvalue weighted by atomic mass is 10.0. The molecule has 0 aliphatic heterocycles. The van der Waals surface area contributed by atoms with E-state index in [1.54, 1.807) is 0 Å². The summed E-state index contributed by atoms with van der Waals surface area (Å²) in [5, 5.41) is 37.0. The quantitative estimate of drug-likeness (QED) is 0.494. The SMILES string of the molecule is O=C(Cn1cc(Cl)cn1)NC(CO)C(O)c1ccc([N+](=O)[O-])cc1. The molecule has 0 fully saturated rings. The summed E-state index contributed by atoms with van der Waals surface area (Å²) in [6, 6.07) is 4.24. The summed E-state index contributed by atoms with van der Waals surface area (Å²) >= 11 is 5.70. The Bertz CT molecular complexity index is 718. The zero-order chi connectivity index (χ0) is 17.7. The first-order valence-corrected chi connectivity index (χ1v) is 7.29. The zero-order valence-corrected chi connectivity index (χ0v) is 13.1. The van der Waals surface area contributed by atoms with Crippen molar-refractivity contribution in [2.45, 2.75) is 18.7 Å². The van der Waals surface area contributed by atoms with Crippen molar-refractivity contribution in [1.29, 1.82) is 0 Å². The smallest absolute Gasteiger partial charge is 0.269 e. The third-order valence-corrected chi connectivity index (χ3v) is 3.47. The molecule has 1 aromatic heterocycles. The van der Waals surface area contributed by atoms with Gasteiger partial charge in [-0.25, -0.2) is 0 Å². The molecule has 2 rings (SSSR count). The van der Waals surface area contributed by atoms with Gasteiger partial charge in [0.2, 0.25) is 5.91 Å². The van der Waals surface area contributed by atoms with Gasteiger partial charge in [-0.15, -0.1) is 0 Å². The van der Waals surface area contributed by atoms with E-state index in [1.807, 2.05) is 0 Å². The summed E-state index contributed by atoms with van der Waals surface area (Å²) < 4.78 is 1.31. The summed E-state index contributed by atoms with van der Waals surface area (Å²) in [5.41, 5.74) is 0.216. The first-order valence-electron chi connectivity index (χ1n) is 6.91. The van der Waals surface area contributed by atoms with Crippen LogP contribution in [0.5, 0.6) is 0 Å². The van der Waals surface area contributed by atoms with Crippen LogP contribution in [0, 0.1) is 10.1 Å². The van der Waals surface area contributed by atoms with Crippen molar-refractivity contribution in [3.8, 4) is 0 Å². The fourth-order valence-corrected chi connectivity index (χ4v) is 2.23. The van der Waals surface area contributed by atoms with E-state index in [9.17, 15) is 25.1 Å². The van der Waals surface area contributed by atoms with Crippen LogP contribution in [0.15, 0.2) is 36.7 Å². The van der Waals surface area contributed by atoms with E-state index in [1.165, 1.54) is 41.3 Å². The predicted molar refractivity (Wildman–Crippen MR) is 84.3 cm³/mol. The van der Waals surface area contributed by atoms with Crippen LogP contribution in [0.25, 0.3) is 0 Å². The van der Waals surface area contributed by atoms with Gasteiger partial charge in [0.05, 0.1) is 28.8 Å². The highest BCUT2D eigenvalue weighted by Crippen LogP contribution is 2.20. The van der Waals surface area contributed by atoms with Crippen molar-refractivity contribution >= 4 is 23.2 Å². The maximum Gasteiger partial charge on any atom is 0.269 e. The number of amides is 1. The first-order chi connectivity index (χ1) is 11.4. The standard InChI is InChI=1S/C14H15ClN4O5/c15-10-5-16-18(6-10)7-13(21)17-12(8-20)14(22)9-1-3-11(4-2-9)19(23)24/h1-6,12,14,20,22H,7-8H2,(H,17,21). The molecular formula is C14H15ClN4O5. The average molecular weight is 355 g/mol. The Labute approximate surface area is 141 Å². The number of non-ortho nitro benzene ring substituents is 1. The second-order valence-corrected chi connectivity index (χ2v) is 5.44. The second-order valence-electron chi connectivity index (χ2n) is 5.01. The molecule has 2 atom stereocenters. The maximum atomic E-state index is 11.9. The van der Waals surface area contributed by atoms with Gasteiger partial charge in [-0.3, -0.25) is 19.6 Å². The Morgan fingerprint density at radius 2 is 2.08 bits per heavy atom. The van der Waals surface area contributed by atoms with Gasteiger partial charge < -0.3 is 15.5 Å². The van der Waals surface area contributed by atoms with Crippen molar-refractivity contribution in [2.24, 2.45) is 0 Å². The number of halogens is 1. The molecule has 0 aliphatic rings. The lowest BCUT2D eigenvalue weighted by Crippen LogP contribution is -2.43. The largest absolute Gasteiger partial charge is 0.394 e. The highest BCUT2D eigenvalue weighted by molar-refractivity contribution is 6.30. The molecule has 2 unspecified atom stereocenters. The van der Waals surface area contributed by atoms with E-state index in [4.69, 9.17) is 11.6 Å². The van der Waals surface area contributed by atoms with E-state index < -0.39 is 29.6 Å². The van der Waals surface area contributed by atoms with E-state index in [0.29, 0.717) is 10.6 Å². The van der Waals surface area contributed by atoms with Crippen LogP contribution in [-0.2, 0) is 11.3 Å². The molecule has 1 heterocycles. The number of hydrogen-bond donors (Lipinski definition) is 3. The Kier molecular flexibility index (Phi) is 5.85. The monoisotopic (exact) mass is 354 g/mol. The van der Waals surface area contributed by atoms with Gasteiger partial charge in [0, 0.05) is 18.3 Å². The number of benzene rings is 1. The molecule has 0 saturated heterocycles. The lowest BCUT2D eigenvalue weighted by molar-refractivity contribution is -0.384. The Balaban J connectivity index is 2.01. The van der Waals surface area contributed by atoms with Crippen LogP contribution in [-0.4, -0.2) is 43.5 Å². The second kappa shape index (κ2) is 7.86. The minimum Gasteiger partial charge on any atom is -0.394 e. The summed E-state index contributed by atoms with van der Waals surface area (Å²) in [6.45, 7) is -0.639. The van der Waals surface area contributed by atoms with Gasteiger partial charge in [0.25, 0.3) is 5.69 Å². The van der Waals surface area contributed by atoms with Crippen LogP contribution in [0.4, 0.5) is 5.69 Å². The third-order valence-electron chi connectivity index (χ3n) is 3.28. The number of nitro benzene ring substituents is 1. The third kappa shape index (κ3) is 4.51. The van der Waals surface area contributed by atoms with E-state index in [0.717, 1.165) is 0 Å². The molecule has 0 spiro atoms. The number of aliphatic hydroxyl groups is 2. The van der Waals surface area contributed by atoms with E-state index >= 15 is 0 Å². The van der Waals surface area contributed by atoms with Crippen LogP contribution in [0.3, 0.4) is 0 Å². The molecule has 10 heteroatoms. The number of aromatic nitrogens is 2. The highest BCUT2D eigenvalue weighted by Gasteiger charge is 2.23. The van der Waals surface area contributed by atoms with Gasteiger partial charge in [-0.1, -0.05) is 11.6 Å². The number of hydrogen-bond acceptors (Lipinski definition) is 6. The van der Waals surface area contributed by atoms with Crippen LogP contribution in [0.1, 0.15) is 11.7 Å². The van der Waals surface area contributed by atoms with Crippen molar-refractivity contribution in [1.82, 2.24) is 15.1 Å². The number of carbonyl (C=O) groups excluding carboxylic acids is 1. The summed E-state index contributed by atoms with van der Waals surface area (Å²) in [5.74, 6) is -0.477.